The number of benzene rings is 2. The second-order valence-corrected chi connectivity index (χ2v) is 9.59. The van der Waals surface area contributed by atoms with Gasteiger partial charge in [0.15, 0.2) is 0 Å². The first-order chi connectivity index (χ1) is 17.0. The molecule has 3 aliphatic rings. The summed E-state index contributed by atoms with van der Waals surface area (Å²) >= 11 is 0. The van der Waals surface area contributed by atoms with Crippen molar-refractivity contribution in [1.29, 1.82) is 0 Å². The number of fused-ring (bicyclic) bond motifs is 3. The van der Waals surface area contributed by atoms with Gasteiger partial charge in [-0.15, -0.1) is 0 Å². The maximum absolute atomic E-state index is 12.6. The van der Waals surface area contributed by atoms with E-state index in [2.05, 4.69) is 34.9 Å². The molecule has 0 aromatic heterocycles. The van der Waals surface area contributed by atoms with Gasteiger partial charge in [0.2, 0.25) is 5.91 Å². The second-order valence-electron chi connectivity index (χ2n) is 9.59. The van der Waals surface area contributed by atoms with Crippen LogP contribution in [0, 0.1) is 11.8 Å². The summed E-state index contributed by atoms with van der Waals surface area (Å²) in [6.45, 7) is 0.748. The number of carbonyl (C=O) groups excluding carboxylic acids is 2. The summed E-state index contributed by atoms with van der Waals surface area (Å²) < 4.78 is 11.3. The highest BCUT2D eigenvalue weighted by Crippen LogP contribution is 2.44. The lowest BCUT2D eigenvalue weighted by atomic mass is 9.98. The third kappa shape index (κ3) is 4.89. The molecule has 0 radical (unpaired) electrons. The second kappa shape index (κ2) is 10.1. The average molecular weight is 479 g/mol. The number of nitrogens with one attached hydrogen (secondary N) is 2. The summed E-state index contributed by atoms with van der Waals surface area (Å²) in [5.74, 6) is -1.91. The van der Waals surface area contributed by atoms with Crippen LogP contribution in [0.25, 0.3) is 11.1 Å². The Morgan fingerprint density at radius 2 is 1.69 bits per heavy atom. The van der Waals surface area contributed by atoms with Gasteiger partial charge >= 0.3 is 12.1 Å². The number of hydrogen-bond donors (Lipinski definition) is 3. The van der Waals surface area contributed by atoms with Crippen molar-refractivity contribution in [3.8, 4) is 11.1 Å². The molecule has 5 rings (SSSR count). The topological polar surface area (TPSA) is 114 Å². The lowest BCUT2D eigenvalue weighted by molar-refractivity contribution is -0.142. The SMILES string of the molecule is O=C(NC[C@@H]1C[C@H](C(=O)N[C@@H]2CCC[C@@H]2C(=O)O)CO1)OCC1c2ccccc2-c2ccccc21. The van der Waals surface area contributed by atoms with Crippen LogP contribution in [0.2, 0.25) is 0 Å². The molecule has 8 nitrogen and oxygen atoms in total. The minimum atomic E-state index is -0.861. The van der Waals surface area contributed by atoms with E-state index >= 15 is 0 Å². The monoisotopic (exact) mass is 478 g/mol. The Hall–Kier alpha value is -3.39. The van der Waals surface area contributed by atoms with Crippen molar-refractivity contribution >= 4 is 18.0 Å². The standard InChI is InChI=1S/C27H30N2O6/c30-25(29-24-11-5-10-22(24)26(31)32)16-12-17(34-14-16)13-28-27(33)35-15-23-20-8-3-1-6-18(20)19-7-2-4-9-21(19)23/h1-4,6-9,16-17,22-24H,5,10-15H2,(H,28,33)(H,29,30)(H,31,32)/t16-,17-,22-,24+/m0/s1. The molecule has 2 fully saturated rings. The molecule has 0 spiro atoms. The maximum Gasteiger partial charge on any atom is 0.407 e. The van der Waals surface area contributed by atoms with Crippen molar-refractivity contribution in [3.05, 3.63) is 59.7 Å². The van der Waals surface area contributed by atoms with E-state index in [1.807, 2.05) is 24.3 Å². The highest BCUT2D eigenvalue weighted by atomic mass is 16.5. The molecule has 4 atom stereocenters. The predicted molar refractivity (Wildman–Crippen MR) is 128 cm³/mol. The van der Waals surface area contributed by atoms with E-state index in [1.165, 1.54) is 11.1 Å². The lowest BCUT2D eigenvalue weighted by Crippen LogP contribution is -2.43. The smallest absolute Gasteiger partial charge is 0.407 e. The van der Waals surface area contributed by atoms with Gasteiger partial charge in [-0.3, -0.25) is 9.59 Å². The van der Waals surface area contributed by atoms with E-state index in [9.17, 15) is 19.5 Å². The molecule has 1 saturated carbocycles. The average Bonchev–Trinajstić information content (AvgIpc) is 3.59. The van der Waals surface area contributed by atoms with Crippen molar-refractivity contribution in [1.82, 2.24) is 10.6 Å². The number of aliphatic carboxylic acids is 1. The number of carboxylic acids is 1. The number of ether oxygens (including phenoxy) is 2. The highest BCUT2D eigenvalue weighted by molar-refractivity contribution is 5.81. The number of amides is 2. The van der Waals surface area contributed by atoms with Crippen LogP contribution in [0.15, 0.2) is 48.5 Å². The fourth-order valence-electron chi connectivity index (χ4n) is 5.61. The fourth-order valence-corrected chi connectivity index (χ4v) is 5.61. The van der Waals surface area contributed by atoms with Crippen LogP contribution in [-0.2, 0) is 19.1 Å². The quantitative estimate of drug-likeness (QED) is 0.563. The molecule has 184 valence electrons. The molecule has 35 heavy (non-hydrogen) atoms. The van der Waals surface area contributed by atoms with E-state index < -0.39 is 18.0 Å². The molecule has 3 N–H and O–H groups in total. The van der Waals surface area contributed by atoms with Crippen molar-refractivity contribution in [2.45, 2.75) is 43.7 Å². The first kappa shape index (κ1) is 23.4. The Morgan fingerprint density at radius 1 is 1.00 bits per heavy atom. The van der Waals surface area contributed by atoms with Gasteiger partial charge in [-0.1, -0.05) is 55.0 Å². The summed E-state index contributed by atoms with van der Waals surface area (Å²) in [5, 5.41) is 15.0. The van der Waals surface area contributed by atoms with Gasteiger partial charge in [-0.05, 0) is 41.5 Å². The zero-order valence-electron chi connectivity index (χ0n) is 19.4. The molecule has 2 amide bonds. The summed E-state index contributed by atoms with van der Waals surface area (Å²) in [6.07, 6.45) is 1.75. The zero-order valence-corrected chi connectivity index (χ0v) is 19.4. The van der Waals surface area contributed by atoms with Crippen molar-refractivity contribution in [3.63, 3.8) is 0 Å². The van der Waals surface area contributed by atoms with Gasteiger partial charge in [0.25, 0.3) is 0 Å². The van der Waals surface area contributed by atoms with E-state index in [4.69, 9.17) is 9.47 Å². The number of carbonyl (C=O) groups is 3. The van der Waals surface area contributed by atoms with Gasteiger partial charge in [-0.25, -0.2) is 4.79 Å². The lowest BCUT2D eigenvalue weighted by Gasteiger charge is -2.19. The van der Waals surface area contributed by atoms with Gasteiger partial charge < -0.3 is 25.2 Å². The molecular formula is C27H30N2O6. The number of hydrogen-bond acceptors (Lipinski definition) is 5. The van der Waals surface area contributed by atoms with E-state index in [0.717, 1.165) is 17.5 Å². The van der Waals surface area contributed by atoms with Crippen LogP contribution >= 0.6 is 0 Å². The van der Waals surface area contributed by atoms with Crippen LogP contribution in [-0.4, -0.2) is 55.0 Å². The fraction of sp³-hybridized carbons (Fsp3) is 0.444. The van der Waals surface area contributed by atoms with Crippen LogP contribution < -0.4 is 10.6 Å². The van der Waals surface area contributed by atoms with Crippen LogP contribution in [0.3, 0.4) is 0 Å². The summed E-state index contributed by atoms with van der Waals surface area (Å²) in [7, 11) is 0. The normalized spacial score (nSPS) is 25.0. The number of alkyl carbamates (subject to hydrolysis) is 1. The highest BCUT2D eigenvalue weighted by Gasteiger charge is 2.37. The Kier molecular flexibility index (Phi) is 6.72. The zero-order chi connectivity index (χ0) is 24.4. The van der Waals surface area contributed by atoms with E-state index in [1.54, 1.807) is 0 Å². The van der Waals surface area contributed by atoms with Crippen LogP contribution in [0.4, 0.5) is 4.79 Å². The van der Waals surface area contributed by atoms with Crippen molar-refractivity contribution in [2.24, 2.45) is 11.8 Å². The van der Waals surface area contributed by atoms with Gasteiger partial charge in [-0.2, -0.15) is 0 Å². The maximum atomic E-state index is 12.6. The Labute approximate surface area is 204 Å². The third-order valence-corrected chi connectivity index (χ3v) is 7.43. The molecule has 0 bridgehead atoms. The first-order valence-corrected chi connectivity index (χ1v) is 12.2. The molecule has 0 unspecified atom stereocenters. The largest absolute Gasteiger partial charge is 0.481 e. The molecule has 1 heterocycles. The predicted octanol–water partition coefficient (Wildman–Crippen LogP) is 3.30. The van der Waals surface area contributed by atoms with Crippen molar-refractivity contribution in [2.75, 3.05) is 19.8 Å². The molecular weight excluding hydrogens is 448 g/mol. The molecule has 1 saturated heterocycles. The third-order valence-electron chi connectivity index (χ3n) is 7.43. The Balaban J connectivity index is 1.08. The summed E-state index contributed by atoms with van der Waals surface area (Å²) in [4.78, 5) is 36.4. The first-order valence-electron chi connectivity index (χ1n) is 12.2. The molecule has 8 heteroatoms. The van der Waals surface area contributed by atoms with Gasteiger partial charge in [0.05, 0.1) is 24.5 Å². The van der Waals surface area contributed by atoms with Gasteiger partial charge in [0.1, 0.15) is 6.61 Å². The summed E-state index contributed by atoms with van der Waals surface area (Å²) in [6, 6.07) is 16.0. The molecule has 1 aliphatic heterocycles. The Bertz CT molecular complexity index is 1070. The minimum absolute atomic E-state index is 0.00540. The number of rotatable bonds is 7. The minimum Gasteiger partial charge on any atom is -0.481 e. The van der Waals surface area contributed by atoms with Crippen molar-refractivity contribution < 1.29 is 29.0 Å². The Morgan fingerprint density at radius 3 is 2.37 bits per heavy atom. The molecule has 2 aromatic carbocycles. The molecule has 2 aromatic rings. The van der Waals surface area contributed by atoms with Crippen LogP contribution in [0.5, 0.6) is 0 Å². The molecule has 2 aliphatic carbocycles. The van der Waals surface area contributed by atoms with Crippen LogP contribution in [0.1, 0.15) is 42.7 Å². The van der Waals surface area contributed by atoms with Gasteiger partial charge in [0, 0.05) is 18.5 Å². The summed E-state index contributed by atoms with van der Waals surface area (Å²) in [5.41, 5.74) is 4.66. The van der Waals surface area contributed by atoms with E-state index in [0.29, 0.717) is 19.3 Å². The van der Waals surface area contributed by atoms with E-state index in [-0.39, 0.29) is 49.6 Å². The number of carboxylic acid groups (broad SMARTS) is 1.